The van der Waals surface area contributed by atoms with Crippen molar-refractivity contribution in [2.45, 2.75) is 33.5 Å². The van der Waals surface area contributed by atoms with E-state index in [9.17, 15) is 0 Å². The summed E-state index contributed by atoms with van der Waals surface area (Å²) in [5.41, 5.74) is -0.688. The highest BCUT2D eigenvalue weighted by atomic mass is 32.1. The standard InChI is InChI=1S/C11H18O2S2/c1-9(2)7(14)10(3,4)11(12-5,13-6)8(9)15/h1-6H3. The van der Waals surface area contributed by atoms with Crippen LogP contribution in [0.5, 0.6) is 0 Å². The molecular formula is C11H18O2S2. The van der Waals surface area contributed by atoms with Gasteiger partial charge < -0.3 is 9.47 Å². The van der Waals surface area contributed by atoms with Crippen LogP contribution in [0.2, 0.25) is 0 Å². The molecule has 0 bridgehead atoms. The van der Waals surface area contributed by atoms with Crippen LogP contribution in [0.3, 0.4) is 0 Å². The first-order chi connectivity index (χ1) is 6.68. The van der Waals surface area contributed by atoms with E-state index in [1.165, 1.54) is 0 Å². The highest BCUT2D eigenvalue weighted by Crippen LogP contribution is 2.53. The van der Waals surface area contributed by atoms with Crippen molar-refractivity contribution in [3.8, 4) is 0 Å². The van der Waals surface area contributed by atoms with Crippen molar-refractivity contribution in [2.24, 2.45) is 10.8 Å². The average molecular weight is 246 g/mol. The Balaban J connectivity index is 3.43. The predicted molar refractivity (Wildman–Crippen MR) is 69.5 cm³/mol. The van der Waals surface area contributed by atoms with Crippen molar-refractivity contribution < 1.29 is 9.47 Å². The largest absolute Gasteiger partial charge is 0.348 e. The smallest absolute Gasteiger partial charge is 0.211 e. The minimum atomic E-state index is -0.872. The van der Waals surface area contributed by atoms with Gasteiger partial charge >= 0.3 is 0 Å². The lowest BCUT2D eigenvalue weighted by Gasteiger charge is -2.38. The second-order valence-electron chi connectivity index (χ2n) is 4.93. The molecule has 0 radical (unpaired) electrons. The van der Waals surface area contributed by atoms with Gasteiger partial charge in [-0.15, -0.1) is 0 Å². The third-order valence-corrected chi connectivity index (χ3v) is 5.20. The molecular weight excluding hydrogens is 228 g/mol. The zero-order valence-electron chi connectivity index (χ0n) is 10.1. The third kappa shape index (κ3) is 1.35. The summed E-state index contributed by atoms with van der Waals surface area (Å²) in [7, 11) is 3.23. The maximum atomic E-state index is 5.53. The van der Waals surface area contributed by atoms with Gasteiger partial charge in [-0.1, -0.05) is 38.3 Å². The molecule has 1 rings (SSSR count). The lowest BCUT2D eigenvalue weighted by Crippen LogP contribution is -2.50. The Morgan fingerprint density at radius 1 is 0.867 bits per heavy atom. The van der Waals surface area contributed by atoms with Crippen LogP contribution in [-0.2, 0) is 9.47 Å². The topological polar surface area (TPSA) is 18.5 Å². The van der Waals surface area contributed by atoms with E-state index in [1.54, 1.807) is 14.2 Å². The van der Waals surface area contributed by atoms with Crippen LogP contribution in [0, 0.1) is 10.8 Å². The number of ether oxygens (including phenoxy) is 2. The van der Waals surface area contributed by atoms with Crippen LogP contribution in [0.4, 0.5) is 0 Å². The fourth-order valence-electron chi connectivity index (χ4n) is 2.51. The Hall–Kier alpha value is 0.100. The molecule has 86 valence electrons. The lowest BCUT2D eigenvalue weighted by atomic mass is 9.83. The molecule has 0 spiro atoms. The molecule has 0 aliphatic heterocycles. The summed E-state index contributed by atoms with van der Waals surface area (Å²) < 4.78 is 11.1. The first-order valence-corrected chi connectivity index (χ1v) is 5.70. The van der Waals surface area contributed by atoms with Gasteiger partial charge in [-0.2, -0.15) is 0 Å². The maximum absolute atomic E-state index is 5.53. The maximum Gasteiger partial charge on any atom is 0.211 e. The quantitative estimate of drug-likeness (QED) is 0.550. The molecule has 0 aromatic heterocycles. The molecule has 0 N–H and O–H groups in total. The zero-order chi connectivity index (χ0) is 12.1. The molecule has 4 heteroatoms. The Morgan fingerprint density at radius 2 is 1.27 bits per heavy atom. The summed E-state index contributed by atoms with van der Waals surface area (Å²) in [6, 6.07) is 0. The van der Waals surface area contributed by atoms with Gasteiger partial charge in [-0.05, 0) is 13.8 Å². The molecule has 0 unspecified atom stereocenters. The Kier molecular flexibility index (Phi) is 3.12. The summed E-state index contributed by atoms with van der Waals surface area (Å²) in [6.45, 7) is 8.09. The van der Waals surface area contributed by atoms with Gasteiger partial charge in [0.2, 0.25) is 5.79 Å². The van der Waals surface area contributed by atoms with Crippen LogP contribution in [-0.4, -0.2) is 29.7 Å². The van der Waals surface area contributed by atoms with Gasteiger partial charge in [0.15, 0.2) is 0 Å². The molecule has 15 heavy (non-hydrogen) atoms. The van der Waals surface area contributed by atoms with Crippen molar-refractivity contribution >= 4 is 34.2 Å². The second kappa shape index (κ2) is 3.55. The van der Waals surface area contributed by atoms with Gasteiger partial charge in [-0.25, -0.2) is 0 Å². The van der Waals surface area contributed by atoms with Gasteiger partial charge in [0.25, 0.3) is 0 Å². The van der Waals surface area contributed by atoms with Crippen LogP contribution >= 0.6 is 24.4 Å². The number of hydrogen-bond acceptors (Lipinski definition) is 4. The number of thiocarbonyl (C=S) groups is 2. The molecule has 0 heterocycles. The molecule has 1 fully saturated rings. The van der Waals surface area contributed by atoms with E-state index in [4.69, 9.17) is 33.9 Å². The van der Waals surface area contributed by atoms with E-state index >= 15 is 0 Å². The summed E-state index contributed by atoms with van der Waals surface area (Å²) in [4.78, 5) is 1.62. The number of rotatable bonds is 2. The average Bonchev–Trinajstić information content (AvgIpc) is 2.26. The predicted octanol–water partition coefficient (Wildman–Crippen LogP) is 2.78. The molecule has 0 atom stereocenters. The molecule has 0 aromatic carbocycles. The molecule has 1 saturated carbocycles. The Bertz CT molecular complexity index is 315. The Morgan fingerprint density at radius 3 is 1.40 bits per heavy atom. The van der Waals surface area contributed by atoms with E-state index in [2.05, 4.69) is 0 Å². The fraction of sp³-hybridized carbons (Fsp3) is 0.818. The lowest BCUT2D eigenvalue weighted by molar-refractivity contribution is -0.191. The molecule has 0 saturated heterocycles. The number of methoxy groups -OCH3 is 2. The van der Waals surface area contributed by atoms with Crippen molar-refractivity contribution in [2.75, 3.05) is 14.2 Å². The van der Waals surface area contributed by atoms with Crippen molar-refractivity contribution in [3.63, 3.8) is 0 Å². The first kappa shape index (κ1) is 13.2. The fourth-order valence-corrected chi connectivity index (χ4v) is 3.33. The molecule has 0 aromatic rings. The minimum absolute atomic E-state index is 0.305. The second-order valence-corrected chi connectivity index (χ2v) is 5.75. The highest BCUT2D eigenvalue weighted by Gasteiger charge is 2.65. The van der Waals surface area contributed by atoms with E-state index in [0.29, 0.717) is 0 Å². The summed E-state index contributed by atoms with van der Waals surface area (Å²) >= 11 is 11.0. The third-order valence-electron chi connectivity index (χ3n) is 3.40. The first-order valence-electron chi connectivity index (χ1n) is 4.88. The van der Waals surface area contributed by atoms with Gasteiger partial charge in [0.1, 0.15) is 0 Å². The van der Waals surface area contributed by atoms with Crippen LogP contribution in [0.1, 0.15) is 27.7 Å². The molecule has 2 nitrogen and oxygen atoms in total. The highest BCUT2D eigenvalue weighted by molar-refractivity contribution is 7.82. The van der Waals surface area contributed by atoms with E-state index in [0.717, 1.165) is 9.73 Å². The van der Waals surface area contributed by atoms with Crippen molar-refractivity contribution in [1.29, 1.82) is 0 Å². The van der Waals surface area contributed by atoms with E-state index < -0.39 is 5.79 Å². The van der Waals surface area contributed by atoms with Crippen molar-refractivity contribution in [1.82, 2.24) is 0 Å². The molecule has 1 aliphatic rings. The summed E-state index contributed by atoms with van der Waals surface area (Å²) in [6.07, 6.45) is 0. The Labute approximate surface area is 102 Å². The normalized spacial score (nSPS) is 27.1. The summed E-state index contributed by atoms with van der Waals surface area (Å²) in [5, 5.41) is 0. The molecule has 0 amide bonds. The van der Waals surface area contributed by atoms with Gasteiger partial charge in [0, 0.05) is 24.5 Å². The minimum Gasteiger partial charge on any atom is -0.348 e. The van der Waals surface area contributed by atoms with Crippen LogP contribution in [0.25, 0.3) is 0 Å². The van der Waals surface area contributed by atoms with Crippen LogP contribution < -0.4 is 0 Å². The van der Waals surface area contributed by atoms with E-state index in [1.807, 2.05) is 27.7 Å². The SMILES string of the molecule is COC1(OC)C(=S)C(C)(C)C(=S)C1(C)C. The van der Waals surface area contributed by atoms with Crippen molar-refractivity contribution in [3.05, 3.63) is 0 Å². The zero-order valence-corrected chi connectivity index (χ0v) is 11.8. The van der Waals surface area contributed by atoms with Crippen LogP contribution in [0.15, 0.2) is 0 Å². The van der Waals surface area contributed by atoms with E-state index in [-0.39, 0.29) is 10.8 Å². The monoisotopic (exact) mass is 246 g/mol. The summed E-state index contributed by atoms with van der Waals surface area (Å²) in [5.74, 6) is -0.872. The van der Waals surface area contributed by atoms with Gasteiger partial charge in [0.05, 0.1) is 10.3 Å². The van der Waals surface area contributed by atoms with Gasteiger partial charge in [-0.3, -0.25) is 0 Å². The molecule has 1 aliphatic carbocycles. The number of hydrogen-bond donors (Lipinski definition) is 0.